The highest BCUT2D eigenvalue weighted by Crippen LogP contribution is 2.18. The van der Waals surface area contributed by atoms with E-state index in [4.69, 9.17) is 0 Å². The zero-order chi connectivity index (χ0) is 10.3. The van der Waals surface area contributed by atoms with E-state index >= 15 is 0 Å². The van der Waals surface area contributed by atoms with Gasteiger partial charge in [0, 0.05) is 17.8 Å². The van der Waals surface area contributed by atoms with Gasteiger partial charge < -0.3 is 4.98 Å². The summed E-state index contributed by atoms with van der Waals surface area (Å²) in [6.45, 7) is 0. The third-order valence-corrected chi connectivity index (χ3v) is 3.52. The van der Waals surface area contributed by atoms with Gasteiger partial charge in [-0.25, -0.2) is 8.42 Å². The molecule has 0 unspecified atom stereocenters. The van der Waals surface area contributed by atoms with E-state index in [0.717, 1.165) is 10.8 Å². The number of benzene rings is 1. The van der Waals surface area contributed by atoms with Crippen LogP contribution in [0.25, 0.3) is 10.9 Å². The predicted octanol–water partition coefficient (Wildman–Crippen LogP) is -0.170. The molecule has 0 saturated heterocycles. The van der Waals surface area contributed by atoms with Crippen LogP contribution in [0.3, 0.4) is 0 Å². The molecule has 0 saturated carbocycles. The molecule has 0 radical (unpaired) electrons. The van der Waals surface area contributed by atoms with Crippen molar-refractivity contribution in [3.05, 3.63) is 24.4 Å². The maximum absolute atomic E-state index is 11.5. The van der Waals surface area contributed by atoms with Crippen molar-refractivity contribution in [3.8, 4) is 0 Å². The number of sulfone groups is 1. The number of nitrogens with one attached hydrogen (secondary N) is 1. The van der Waals surface area contributed by atoms with Crippen molar-refractivity contribution >= 4 is 34.0 Å². The number of hydrogen-bond acceptors (Lipinski definition) is 2. The Kier molecular flexibility index (Phi) is 1.92. The van der Waals surface area contributed by atoms with Gasteiger partial charge in [0.05, 0.1) is 10.4 Å². The Morgan fingerprint density at radius 1 is 1.29 bits per heavy atom. The van der Waals surface area contributed by atoms with Crippen molar-refractivity contribution in [2.24, 2.45) is 0 Å². The molecular formula is C9H10BNO2S. The first-order valence-corrected chi connectivity index (χ1v) is 6.16. The van der Waals surface area contributed by atoms with Crippen LogP contribution in [0.4, 0.5) is 0 Å². The van der Waals surface area contributed by atoms with Gasteiger partial charge in [0.1, 0.15) is 7.85 Å². The minimum absolute atomic E-state index is 0.403. The highest BCUT2D eigenvalue weighted by atomic mass is 32.2. The van der Waals surface area contributed by atoms with Crippen LogP contribution < -0.4 is 5.46 Å². The molecule has 3 nitrogen and oxygen atoms in total. The van der Waals surface area contributed by atoms with Crippen molar-refractivity contribution in [3.63, 3.8) is 0 Å². The van der Waals surface area contributed by atoms with Gasteiger partial charge in [0.2, 0.25) is 0 Å². The van der Waals surface area contributed by atoms with Crippen molar-refractivity contribution in [2.75, 3.05) is 6.26 Å². The summed E-state index contributed by atoms with van der Waals surface area (Å²) in [5.74, 6) is 0. The van der Waals surface area contributed by atoms with Crippen molar-refractivity contribution in [2.45, 2.75) is 4.90 Å². The summed E-state index contributed by atoms with van der Waals surface area (Å²) in [4.78, 5) is 3.36. The van der Waals surface area contributed by atoms with Crippen LogP contribution >= 0.6 is 0 Å². The Morgan fingerprint density at radius 3 is 2.64 bits per heavy atom. The lowest BCUT2D eigenvalue weighted by Gasteiger charge is -2.04. The zero-order valence-electron chi connectivity index (χ0n) is 8.03. The van der Waals surface area contributed by atoms with E-state index in [1.165, 1.54) is 6.26 Å². The quantitative estimate of drug-likeness (QED) is 0.660. The maximum Gasteiger partial charge on any atom is 0.177 e. The summed E-state index contributed by atoms with van der Waals surface area (Å²) >= 11 is 0. The average Bonchev–Trinajstić information content (AvgIpc) is 2.48. The molecule has 1 aromatic heterocycles. The molecule has 14 heavy (non-hydrogen) atoms. The van der Waals surface area contributed by atoms with Crippen LogP contribution in [-0.4, -0.2) is 27.5 Å². The second kappa shape index (κ2) is 2.88. The van der Waals surface area contributed by atoms with Crippen LogP contribution in [0.2, 0.25) is 0 Å². The largest absolute Gasteiger partial charge is 0.360 e. The fourth-order valence-electron chi connectivity index (χ4n) is 1.68. The molecule has 0 atom stereocenters. The Balaban J connectivity index is 2.98. The number of hydrogen-bond donors (Lipinski definition) is 1. The molecule has 2 aromatic rings. The number of aromatic amines is 1. The Bertz CT molecular complexity index is 586. The minimum atomic E-state index is -3.16. The van der Waals surface area contributed by atoms with E-state index in [1.807, 2.05) is 18.2 Å². The van der Waals surface area contributed by atoms with Crippen LogP contribution in [-0.2, 0) is 9.84 Å². The van der Waals surface area contributed by atoms with Crippen LogP contribution in [0.1, 0.15) is 0 Å². The molecule has 0 spiro atoms. The lowest BCUT2D eigenvalue weighted by atomic mass is 9.95. The Labute approximate surface area is 83.5 Å². The van der Waals surface area contributed by atoms with Crippen molar-refractivity contribution in [1.29, 1.82) is 0 Å². The molecular weight excluding hydrogens is 197 g/mol. The van der Waals surface area contributed by atoms with Gasteiger partial charge in [-0.15, -0.1) is 0 Å². The molecule has 0 bridgehead atoms. The van der Waals surface area contributed by atoms with Crippen LogP contribution in [0, 0.1) is 0 Å². The minimum Gasteiger partial charge on any atom is -0.360 e. The van der Waals surface area contributed by atoms with Gasteiger partial charge in [0.25, 0.3) is 0 Å². The molecule has 0 amide bonds. The summed E-state index contributed by atoms with van der Waals surface area (Å²) in [6, 6.07) is 5.60. The van der Waals surface area contributed by atoms with Gasteiger partial charge in [-0.2, -0.15) is 0 Å². The van der Waals surface area contributed by atoms with Gasteiger partial charge >= 0.3 is 0 Å². The number of aromatic nitrogens is 1. The molecule has 0 aliphatic heterocycles. The third kappa shape index (κ3) is 1.33. The van der Waals surface area contributed by atoms with E-state index in [0.29, 0.717) is 10.4 Å². The summed E-state index contributed by atoms with van der Waals surface area (Å²) in [6.07, 6.45) is 2.98. The summed E-state index contributed by atoms with van der Waals surface area (Å²) < 4.78 is 23.1. The van der Waals surface area contributed by atoms with E-state index in [1.54, 1.807) is 14.0 Å². The smallest absolute Gasteiger partial charge is 0.177 e. The SMILES string of the molecule is Bc1ccc2cc[nH]c2c1S(C)(=O)=O. The van der Waals surface area contributed by atoms with E-state index in [9.17, 15) is 8.42 Å². The molecule has 0 aliphatic carbocycles. The highest BCUT2D eigenvalue weighted by Gasteiger charge is 2.14. The van der Waals surface area contributed by atoms with Gasteiger partial charge in [-0.3, -0.25) is 0 Å². The second-order valence-electron chi connectivity index (χ2n) is 3.43. The lowest BCUT2D eigenvalue weighted by Crippen LogP contribution is -2.15. The standard InChI is InChI=1S/C9H10BNO2S/c1-14(12,13)9-7(10)3-2-6-4-5-11-8(6)9/h2-5,11H,10H2,1H3. The predicted molar refractivity (Wildman–Crippen MR) is 59.6 cm³/mol. The Morgan fingerprint density at radius 2 is 2.00 bits per heavy atom. The second-order valence-corrected chi connectivity index (χ2v) is 5.38. The van der Waals surface area contributed by atoms with E-state index in [-0.39, 0.29) is 0 Å². The number of fused-ring (bicyclic) bond motifs is 1. The molecule has 1 heterocycles. The molecule has 0 fully saturated rings. The van der Waals surface area contributed by atoms with E-state index < -0.39 is 9.84 Å². The van der Waals surface area contributed by atoms with Crippen LogP contribution in [0.5, 0.6) is 0 Å². The molecule has 1 N–H and O–H groups in total. The zero-order valence-corrected chi connectivity index (χ0v) is 8.85. The molecule has 72 valence electrons. The molecule has 2 rings (SSSR count). The van der Waals surface area contributed by atoms with Gasteiger partial charge in [-0.1, -0.05) is 17.6 Å². The normalized spacial score (nSPS) is 12.1. The van der Waals surface area contributed by atoms with Crippen molar-refractivity contribution in [1.82, 2.24) is 4.98 Å². The molecule has 5 heteroatoms. The molecule has 1 aromatic carbocycles. The van der Waals surface area contributed by atoms with Crippen molar-refractivity contribution < 1.29 is 8.42 Å². The summed E-state index contributed by atoms with van der Waals surface area (Å²) in [5.41, 5.74) is 1.48. The summed E-state index contributed by atoms with van der Waals surface area (Å²) in [7, 11) is -1.36. The third-order valence-electron chi connectivity index (χ3n) is 2.25. The first-order chi connectivity index (χ1) is 6.50. The summed E-state index contributed by atoms with van der Waals surface area (Å²) in [5, 5.41) is 0.927. The fourth-order valence-corrected chi connectivity index (χ4v) is 2.88. The topological polar surface area (TPSA) is 49.9 Å². The first kappa shape index (κ1) is 9.33. The number of rotatable bonds is 1. The van der Waals surface area contributed by atoms with E-state index in [2.05, 4.69) is 4.98 Å². The maximum atomic E-state index is 11.5. The Hall–Kier alpha value is -1.23. The monoisotopic (exact) mass is 207 g/mol. The van der Waals surface area contributed by atoms with Gasteiger partial charge in [0.15, 0.2) is 9.84 Å². The lowest BCUT2D eigenvalue weighted by molar-refractivity contribution is 0.603. The number of H-pyrrole nitrogens is 1. The fraction of sp³-hybridized carbons (Fsp3) is 0.111. The first-order valence-electron chi connectivity index (χ1n) is 4.27. The van der Waals surface area contributed by atoms with Crippen LogP contribution in [0.15, 0.2) is 29.3 Å². The average molecular weight is 207 g/mol. The highest BCUT2D eigenvalue weighted by molar-refractivity contribution is 7.91. The molecule has 0 aliphatic rings. The van der Waals surface area contributed by atoms with Gasteiger partial charge in [-0.05, 0) is 6.07 Å².